The van der Waals surface area contributed by atoms with Crippen LogP contribution in [-0.4, -0.2) is 48.9 Å². The number of hydrogen-bond acceptors (Lipinski definition) is 3. The Balaban J connectivity index is 2.10. The third-order valence-corrected chi connectivity index (χ3v) is 4.45. The summed E-state index contributed by atoms with van der Waals surface area (Å²) in [7, 11) is 3.89. The molecular weight excluding hydrogens is 297 g/mol. The normalized spacial score (nSPS) is 19.3. The van der Waals surface area contributed by atoms with Crippen molar-refractivity contribution in [2.75, 3.05) is 32.9 Å². The zero-order valence-corrected chi connectivity index (χ0v) is 13.2. The number of nitrogens with zero attached hydrogens (tertiary/aromatic N) is 2. The lowest BCUT2D eigenvalue weighted by atomic mass is 10.1. The van der Waals surface area contributed by atoms with Gasteiger partial charge in [0.25, 0.3) is 5.91 Å². The Morgan fingerprint density at radius 3 is 2.55 bits per heavy atom. The molecule has 1 atom stereocenters. The molecule has 1 fully saturated rings. The molecule has 0 aliphatic carbocycles. The molecule has 2 N–H and O–H groups in total. The summed E-state index contributed by atoms with van der Waals surface area (Å²) in [6.45, 7) is 1.79. The van der Waals surface area contributed by atoms with Gasteiger partial charge in [-0.2, -0.15) is 0 Å². The first kappa shape index (κ1) is 15.4. The van der Waals surface area contributed by atoms with Gasteiger partial charge in [0.05, 0.1) is 15.7 Å². The average molecular weight is 316 g/mol. The van der Waals surface area contributed by atoms with Gasteiger partial charge in [-0.1, -0.05) is 23.2 Å². The number of halogens is 2. The maximum atomic E-state index is 12.4. The van der Waals surface area contributed by atoms with Gasteiger partial charge in [0.15, 0.2) is 0 Å². The first-order chi connectivity index (χ1) is 9.40. The molecule has 110 valence electrons. The number of likely N-dealkylation sites (N-methyl/N-ethyl adjacent to an activating group) is 2. The summed E-state index contributed by atoms with van der Waals surface area (Å²) >= 11 is 11.9. The molecule has 4 nitrogen and oxygen atoms in total. The lowest BCUT2D eigenvalue weighted by Crippen LogP contribution is -2.39. The molecule has 0 saturated carbocycles. The van der Waals surface area contributed by atoms with Crippen LogP contribution >= 0.6 is 23.2 Å². The van der Waals surface area contributed by atoms with E-state index < -0.39 is 0 Å². The van der Waals surface area contributed by atoms with E-state index in [1.54, 1.807) is 24.1 Å². The minimum absolute atomic E-state index is 0.0888. The maximum Gasteiger partial charge on any atom is 0.253 e. The van der Waals surface area contributed by atoms with Crippen molar-refractivity contribution in [3.63, 3.8) is 0 Å². The van der Waals surface area contributed by atoms with Gasteiger partial charge in [0.2, 0.25) is 0 Å². The summed E-state index contributed by atoms with van der Waals surface area (Å²) < 4.78 is 0. The molecule has 1 aromatic carbocycles. The van der Waals surface area contributed by atoms with E-state index in [1.165, 1.54) is 6.42 Å². The molecule has 1 aromatic rings. The van der Waals surface area contributed by atoms with Crippen molar-refractivity contribution >= 4 is 34.8 Å². The monoisotopic (exact) mass is 315 g/mol. The van der Waals surface area contributed by atoms with Crippen LogP contribution in [0.25, 0.3) is 0 Å². The van der Waals surface area contributed by atoms with Crippen LogP contribution in [0.1, 0.15) is 23.2 Å². The maximum absolute atomic E-state index is 12.4. The third-order valence-electron chi connectivity index (χ3n) is 3.83. The van der Waals surface area contributed by atoms with Crippen LogP contribution in [0.15, 0.2) is 12.1 Å². The molecule has 0 aromatic heterocycles. The number of carbonyl (C=O) groups excluding carboxylic acids is 1. The molecule has 0 spiro atoms. The zero-order chi connectivity index (χ0) is 14.9. The van der Waals surface area contributed by atoms with Crippen molar-refractivity contribution in [1.82, 2.24) is 9.80 Å². The molecule has 1 aliphatic rings. The summed E-state index contributed by atoms with van der Waals surface area (Å²) in [6, 6.07) is 3.56. The van der Waals surface area contributed by atoms with Crippen LogP contribution in [0.3, 0.4) is 0 Å². The molecule has 1 heterocycles. The number of anilines is 1. The lowest BCUT2D eigenvalue weighted by Gasteiger charge is -2.26. The van der Waals surface area contributed by atoms with Crippen LogP contribution in [-0.2, 0) is 0 Å². The SMILES string of the molecule is CN(CC1CCCN1C)C(=O)c1cc(Cl)c(N)c(Cl)c1. The minimum atomic E-state index is -0.0888. The second-order valence-electron chi connectivity index (χ2n) is 5.32. The van der Waals surface area contributed by atoms with Crippen LogP contribution in [0.5, 0.6) is 0 Å². The predicted molar refractivity (Wildman–Crippen MR) is 83.5 cm³/mol. The second-order valence-corrected chi connectivity index (χ2v) is 6.13. The highest BCUT2D eigenvalue weighted by molar-refractivity contribution is 6.39. The number of nitrogens with two attached hydrogens (primary N) is 1. The summed E-state index contributed by atoms with van der Waals surface area (Å²) in [4.78, 5) is 16.4. The largest absolute Gasteiger partial charge is 0.396 e. The van der Waals surface area contributed by atoms with Crippen LogP contribution < -0.4 is 5.73 Å². The Morgan fingerprint density at radius 2 is 2.05 bits per heavy atom. The fourth-order valence-electron chi connectivity index (χ4n) is 2.54. The zero-order valence-electron chi connectivity index (χ0n) is 11.7. The fourth-order valence-corrected chi connectivity index (χ4v) is 3.02. The number of amides is 1. The molecule has 2 rings (SSSR count). The molecule has 1 saturated heterocycles. The van der Waals surface area contributed by atoms with Gasteiger partial charge in [0, 0.05) is 25.2 Å². The highest BCUT2D eigenvalue weighted by Gasteiger charge is 2.24. The summed E-state index contributed by atoms with van der Waals surface area (Å²) in [5.74, 6) is -0.0888. The van der Waals surface area contributed by atoms with Crippen molar-refractivity contribution < 1.29 is 4.79 Å². The number of benzene rings is 1. The number of rotatable bonds is 3. The van der Waals surface area contributed by atoms with Crippen molar-refractivity contribution in [2.24, 2.45) is 0 Å². The van der Waals surface area contributed by atoms with Crippen LogP contribution in [0, 0.1) is 0 Å². The van der Waals surface area contributed by atoms with Gasteiger partial charge < -0.3 is 15.5 Å². The van der Waals surface area contributed by atoms with E-state index >= 15 is 0 Å². The van der Waals surface area contributed by atoms with Crippen molar-refractivity contribution in [3.05, 3.63) is 27.7 Å². The van der Waals surface area contributed by atoms with Gasteiger partial charge in [-0.05, 0) is 38.6 Å². The van der Waals surface area contributed by atoms with Gasteiger partial charge in [-0.25, -0.2) is 0 Å². The van der Waals surface area contributed by atoms with E-state index in [4.69, 9.17) is 28.9 Å². The first-order valence-electron chi connectivity index (χ1n) is 6.60. The van der Waals surface area contributed by atoms with E-state index in [-0.39, 0.29) is 5.91 Å². The van der Waals surface area contributed by atoms with Crippen molar-refractivity contribution in [1.29, 1.82) is 0 Å². The topological polar surface area (TPSA) is 49.6 Å². The van der Waals surface area contributed by atoms with Crippen LogP contribution in [0.2, 0.25) is 10.0 Å². The number of nitrogen functional groups attached to an aromatic ring is 1. The molecule has 1 unspecified atom stereocenters. The fraction of sp³-hybridized carbons (Fsp3) is 0.500. The molecule has 0 bridgehead atoms. The van der Waals surface area contributed by atoms with Gasteiger partial charge in [-0.3, -0.25) is 4.79 Å². The van der Waals surface area contributed by atoms with Crippen molar-refractivity contribution in [3.8, 4) is 0 Å². The minimum Gasteiger partial charge on any atom is -0.396 e. The van der Waals surface area contributed by atoms with E-state index in [0.717, 1.165) is 13.0 Å². The van der Waals surface area contributed by atoms with Crippen LogP contribution in [0.4, 0.5) is 5.69 Å². The van der Waals surface area contributed by atoms with E-state index in [0.29, 0.717) is 33.9 Å². The van der Waals surface area contributed by atoms with Gasteiger partial charge in [-0.15, -0.1) is 0 Å². The Hall–Kier alpha value is -0.970. The molecule has 0 radical (unpaired) electrons. The summed E-state index contributed by atoms with van der Waals surface area (Å²) in [5.41, 5.74) is 6.46. The molecule has 1 amide bonds. The van der Waals surface area contributed by atoms with E-state index in [1.807, 2.05) is 0 Å². The number of carbonyl (C=O) groups is 1. The first-order valence-corrected chi connectivity index (χ1v) is 7.36. The molecule has 6 heteroatoms. The molecule has 1 aliphatic heterocycles. The summed E-state index contributed by atoms with van der Waals surface area (Å²) in [5, 5.41) is 0.625. The van der Waals surface area contributed by atoms with Gasteiger partial charge in [0.1, 0.15) is 0 Å². The van der Waals surface area contributed by atoms with E-state index in [9.17, 15) is 4.79 Å². The van der Waals surface area contributed by atoms with Gasteiger partial charge >= 0.3 is 0 Å². The number of hydrogen-bond donors (Lipinski definition) is 1. The molecular formula is C14H19Cl2N3O. The molecule has 20 heavy (non-hydrogen) atoms. The lowest BCUT2D eigenvalue weighted by molar-refractivity contribution is 0.0761. The standard InChI is InChI=1S/C14H19Cl2N3O/c1-18-5-3-4-10(18)8-19(2)14(20)9-6-11(15)13(17)12(16)7-9/h6-7,10H,3-5,8,17H2,1-2H3. The Bertz CT molecular complexity index is 498. The third kappa shape index (κ3) is 3.19. The number of likely N-dealkylation sites (tertiary alicyclic amines) is 1. The summed E-state index contributed by atoms with van der Waals surface area (Å²) in [6.07, 6.45) is 2.31. The quantitative estimate of drug-likeness (QED) is 0.872. The highest BCUT2D eigenvalue weighted by atomic mass is 35.5. The Morgan fingerprint density at radius 1 is 1.45 bits per heavy atom. The Labute approximate surface area is 129 Å². The van der Waals surface area contributed by atoms with E-state index in [2.05, 4.69) is 11.9 Å². The predicted octanol–water partition coefficient (Wildman–Crippen LogP) is 2.74. The van der Waals surface area contributed by atoms with Crippen molar-refractivity contribution in [2.45, 2.75) is 18.9 Å². The second kappa shape index (κ2) is 6.20. The smallest absolute Gasteiger partial charge is 0.253 e. The average Bonchev–Trinajstić information content (AvgIpc) is 2.80. The highest BCUT2D eigenvalue weighted by Crippen LogP contribution is 2.29. The Kier molecular flexibility index (Phi) is 4.78.